The van der Waals surface area contributed by atoms with Crippen molar-refractivity contribution in [1.82, 2.24) is 19.9 Å². The lowest BCUT2D eigenvalue weighted by Crippen LogP contribution is -2.37. The van der Waals surface area contributed by atoms with Crippen LogP contribution in [0.3, 0.4) is 0 Å². The average molecular weight is 284 g/mol. The Morgan fingerprint density at radius 1 is 1.38 bits per heavy atom. The van der Waals surface area contributed by atoms with Crippen LogP contribution in [-0.4, -0.2) is 38.8 Å². The second-order valence-corrected chi connectivity index (χ2v) is 6.37. The molecule has 1 aliphatic carbocycles. The molecule has 5 nitrogen and oxygen atoms in total. The quantitative estimate of drug-likeness (QED) is 0.921. The van der Waals surface area contributed by atoms with Gasteiger partial charge in [0.1, 0.15) is 5.52 Å². The van der Waals surface area contributed by atoms with Gasteiger partial charge in [0.2, 0.25) is 5.91 Å². The van der Waals surface area contributed by atoms with Crippen molar-refractivity contribution in [2.75, 3.05) is 13.1 Å². The number of hydrogen-bond donors (Lipinski definition) is 1. The fourth-order valence-electron chi connectivity index (χ4n) is 3.35. The number of hydrogen-bond acceptors (Lipinski definition) is 3. The van der Waals surface area contributed by atoms with Crippen LogP contribution in [-0.2, 0) is 4.79 Å². The number of carbonyl (C=O) groups excluding carboxylic acids is 1. The number of carbonyl (C=O) groups is 1. The molecule has 2 fully saturated rings. The number of aromatic nitrogens is 3. The highest BCUT2D eigenvalue weighted by Gasteiger charge is 2.34. The monoisotopic (exact) mass is 284 g/mol. The van der Waals surface area contributed by atoms with Gasteiger partial charge in [0.25, 0.3) is 0 Å². The first-order valence-electron chi connectivity index (χ1n) is 7.82. The summed E-state index contributed by atoms with van der Waals surface area (Å²) in [5, 5.41) is 0. The first kappa shape index (κ1) is 12.8. The summed E-state index contributed by atoms with van der Waals surface area (Å²) in [4.78, 5) is 26.6. The molecule has 1 amide bonds. The highest BCUT2D eigenvalue weighted by atomic mass is 16.2. The summed E-state index contributed by atoms with van der Waals surface area (Å²) in [7, 11) is 0. The number of aryl methyl sites for hydroxylation is 1. The maximum absolute atomic E-state index is 12.3. The molecule has 1 atom stereocenters. The van der Waals surface area contributed by atoms with Crippen molar-refractivity contribution >= 4 is 17.1 Å². The number of nitrogens with one attached hydrogen (secondary N) is 1. The molecular formula is C16H20N4O. The second kappa shape index (κ2) is 4.83. The van der Waals surface area contributed by atoms with E-state index in [0.29, 0.717) is 17.7 Å². The van der Waals surface area contributed by atoms with Crippen molar-refractivity contribution in [2.24, 2.45) is 5.92 Å². The Bertz CT molecular complexity index is 689. The Kier molecular flexibility index (Phi) is 2.94. The smallest absolute Gasteiger partial charge is 0.225 e. The van der Waals surface area contributed by atoms with Crippen LogP contribution in [0.2, 0.25) is 0 Å². The molecule has 1 saturated heterocycles. The molecule has 0 spiro atoms. The molecular weight excluding hydrogens is 264 g/mol. The predicted octanol–water partition coefficient (Wildman–Crippen LogP) is 2.38. The Labute approximate surface area is 123 Å². The lowest BCUT2D eigenvalue weighted by atomic mass is 9.84. The summed E-state index contributed by atoms with van der Waals surface area (Å²) in [5.41, 5.74) is 3.86. The number of H-pyrrole nitrogens is 1. The summed E-state index contributed by atoms with van der Waals surface area (Å²) < 4.78 is 0. The van der Waals surface area contributed by atoms with E-state index in [0.717, 1.165) is 49.2 Å². The molecule has 0 aromatic carbocycles. The van der Waals surface area contributed by atoms with Crippen LogP contribution in [0.25, 0.3) is 11.2 Å². The molecule has 3 heterocycles. The normalized spacial score (nSPS) is 22.7. The van der Waals surface area contributed by atoms with Gasteiger partial charge in [-0.3, -0.25) is 9.78 Å². The number of aromatic amines is 1. The van der Waals surface area contributed by atoms with Gasteiger partial charge in [-0.2, -0.15) is 0 Å². The summed E-state index contributed by atoms with van der Waals surface area (Å²) in [6.45, 7) is 3.66. The lowest BCUT2D eigenvalue weighted by molar-refractivity contribution is -0.137. The van der Waals surface area contributed by atoms with Crippen LogP contribution in [0.15, 0.2) is 12.3 Å². The van der Waals surface area contributed by atoms with Crippen LogP contribution in [0.5, 0.6) is 0 Å². The summed E-state index contributed by atoms with van der Waals surface area (Å²) in [5.74, 6) is 1.06. The summed E-state index contributed by atoms with van der Waals surface area (Å²) in [6, 6.07) is 2.09. The van der Waals surface area contributed by atoms with E-state index in [-0.39, 0.29) is 0 Å². The van der Waals surface area contributed by atoms with Gasteiger partial charge in [0.05, 0.1) is 5.69 Å². The highest BCUT2D eigenvalue weighted by Crippen LogP contribution is 2.33. The number of nitrogens with zero attached hydrogens (tertiary/aromatic N) is 3. The molecule has 5 heteroatoms. The average Bonchev–Trinajstić information content (AvgIpc) is 3.01. The van der Waals surface area contributed by atoms with Crippen molar-refractivity contribution in [3.63, 3.8) is 0 Å². The van der Waals surface area contributed by atoms with Gasteiger partial charge in [-0.15, -0.1) is 0 Å². The molecule has 21 heavy (non-hydrogen) atoms. The zero-order valence-electron chi connectivity index (χ0n) is 12.3. The molecule has 0 radical (unpaired) electrons. The zero-order chi connectivity index (χ0) is 14.4. The first-order valence-corrected chi connectivity index (χ1v) is 7.82. The van der Waals surface area contributed by atoms with Crippen molar-refractivity contribution in [2.45, 2.75) is 38.5 Å². The summed E-state index contributed by atoms with van der Waals surface area (Å²) >= 11 is 0. The summed E-state index contributed by atoms with van der Waals surface area (Å²) in [6.07, 6.45) is 6.21. The van der Waals surface area contributed by atoms with E-state index in [1.807, 2.05) is 11.8 Å². The van der Waals surface area contributed by atoms with Crippen LogP contribution in [0, 0.1) is 12.8 Å². The Morgan fingerprint density at radius 3 is 3.00 bits per heavy atom. The zero-order valence-corrected chi connectivity index (χ0v) is 12.3. The molecule has 1 aliphatic heterocycles. The minimum absolute atomic E-state index is 0.303. The van der Waals surface area contributed by atoms with Crippen LogP contribution >= 0.6 is 0 Å². The first-order chi connectivity index (χ1) is 10.2. The van der Waals surface area contributed by atoms with E-state index in [2.05, 4.69) is 21.0 Å². The van der Waals surface area contributed by atoms with Gasteiger partial charge in [-0.1, -0.05) is 6.42 Å². The fraction of sp³-hybridized carbons (Fsp3) is 0.562. The third kappa shape index (κ3) is 2.20. The van der Waals surface area contributed by atoms with Gasteiger partial charge < -0.3 is 9.88 Å². The number of likely N-dealkylation sites (tertiary alicyclic amines) is 1. The van der Waals surface area contributed by atoms with Crippen molar-refractivity contribution in [3.05, 3.63) is 23.7 Å². The van der Waals surface area contributed by atoms with E-state index in [1.54, 1.807) is 6.20 Å². The fourth-order valence-corrected chi connectivity index (χ4v) is 3.35. The lowest BCUT2D eigenvalue weighted by Gasteiger charge is -2.29. The standard InChI is InChI=1S/C16H20N4O/c1-10-8-17-14-7-13(19-15(14)18-10)12-5-6-20(9-12)16(21)11-3-2-4-11/h7-8,11-12H,2-6,9H2,1H3,(H,18,19). The molecule has 2 aliphatic rings. The Morgan fingerprint density at radius 2 is 2.24 bits per heavy atom. The maximum atomic E-state index is 12.3. The third-order valence-electron chi connectivity index (χ3n) is 4.87. The SMILES string of the molecule is Cc1cnc2cc(C3CCN(C(=O)C4CCC4)C3)[nH]c2n1. The molecule has 1 unspecified atom stereocenters. The Balaban J connectivity index is 1.52. The molecule has 0 bridgehead atoms. The van der Waals surface area contributed by atoms with Crippen LogP contribution in [0.1, 0.15) is 43.0 Å². The van der Waals surface area contributed by atoms with E-state index < -0.39 is 0 Å². The Hall–Kier alpha value is -1.91. The molecule has 2 aromatic heterocycles. The van der Waals surface area contributed by atoms with Gasteiger partial charge in [0, 0.05) is 36.8 Å². The van der Waals surface area contributed by atoms with Gasteiger partial charge >= 0.3 is 0 Å². The van der Waals surface area contributed by atoms with Gasteiger partial charge in [0.15, 0.2) is 5.65 Å². The molecule has 4 rings (SSSR count). The topological polar surface area (TPSA) is 61.9 Å². The molecule has 2 aromatic rings. The minimum Gasteiger partial charge on any atom is -0.342 e. The second-order valence-electron chi connectivity index (χ2n) is 6.37. The van der Waals surface area contributed by atoms with Crippen molar-refractivity contribution < 1.29 is 4.79 Å². The predicted molar refractivity (Wildman–Crippen MR) is 79.9 cm³/mol. The minimum atomic E-state index is 0.303. The van der Waals surface area contributed by atoms with Gasteiger partial charge in [-0.25, -0.2) is 4.98 Å². The van der Waals surface area contributed by atoms with Gasteiger partial charge in [-0.05, 0) is 32.3 Å². The van der Waals surface area contributed by atoms with E-state index in [1.165, 1.54) is 12.1 Å². The van der Waals surface area contributed by atoms with E-state index in [4.69, 9.17) is 0 Å². The largest absolute Gasteiger partial charge is 0.342 e. The highest BCUT2D eigenvalue weighted by molar-refractivity contribution is 5.80. The third-order valence-corrected chi connectivity index (χ3v) is 4.87. The molecule has 110 valence electrons. The maximum Gasteiger partial charge on any atom is 0.225 e. The number of rotatable bonds is 2. The molecule has 1 N–H and O–H groups in total. The van der Waals surface area contributed by atoms with E-state index >= 15 is 0 Å². The van der Waals surface area contributed by atoms with Crippen molar-refractivity contribution in [3.8, 4) is 0 Å². The van der Waals surface area contributed by atoms with Crippen molar-refractivity contribution in [1.29, 1.82) is 0 Å². The number of fused-ring (bicyclic) bond motifs is 1. The number of amides is 1. The van der Waals surface area contributed by atoms with Crippen LogP contribution < -0.4 is 0 Å². The van der Waals surface area contributed by atoms with E-state index in [9.17, 15) is 4.79 Å². The molecule has 1 saturated carbocycles. The van der Waals surface area contributed by atoms with Crippen LogP contribution in [0.4, 0.5) is 0 Å².